The Labute approximate surface area is 87.9 Å². The standard InChI is InChI=1S/C5H12O.K.H/c1-3-5(2)4-6;;/h5-6H,3-4H2,1-2H3;;. The summed E-state index contributed by atoms with van der Waals surface area (Å²) < 4.78 is 0. The van der Waals surface area contributed by atoms with Crippen molar-refractivity contribution < 1.29 is 5.11 Å². The SMILES string of the molecule is CCC(C)CO.[KH]. The van der Waals surface area contributed by atoms with Gasteiger partial charge in [0.25, 0.3) is 0 Å². The zero-order valence-corrected chi connectivity index (χ0v) is 4.44. The summed E-state index contributed by atoms with van der Waals surface area (Å²) in [5.74, 6) is 0.491. The average Bonchev–Trinajstić information content (AvgIpc) is 1.65. The van der Waals surface area contributed by atoms with E-state index in [1.54, 1.807) is 0 Å². The maximum absolute atomic E-state index is 8.33. The molecule has 0 amide bonds. The van der Waals surface area contributed by atoms with Crippen molar-refractivity contribution in [3.8, 4) is 0 Å². The van der Waals surface area contributed by atoms with Crippen molar-refractivity contribution in [3.05, 3.63) is 0 Å². The second-order valence-electron chi connectivity index (χ2n) is 1.70. The van der Waals surface area contributed by atoms with Crippen LogP contribution in [-0.4, -0.2) is 63.1 Å². The molecule has 0 bridgehead atoms. The number of aliphatic hydroxyl groups excluding tert-OH is 1. The molecule has 1 N–H and O–H groups in total. The van der Waals surface area contributed by atoms with Crippen LogP contribution in [0.5, 0.6) is 0 Å². The van der Waals surface area contributed by atoms with Gasteiger partial charge in [-0.2, -0.15) is 0 Å². The summed E-state index contributed by atoms with van der Waals surface area (Å²) in [5.41, 5.74) is 0. The molecule has 0 saturated heterocycles. The molecule has 0 aromatic heterocycles. The van der Waals surface area contributed by atoms with Crippen molar-refractivity contribution in [3.63, 3.8) is 0 Å². The predicted octanol–water partition coefficient (Wildman–Crippen LogP) is 0.376. The van der Waals surface area contributed by atoms with Crippen LogP contribution >= 0.6 is 0 Å². The molecule has 40 valence electrons. The quantitative estimate of drug-likeness (QED) is 0.533. The van der Waals surface area contributed by atoms with Crippen LogP contribution in [0, 0.1) is 5.92 Å². The van der Waals surface area contributed by atoms with Crippen LogP contribution in [0.1, 0.15) is 20.3 Å². The van der Waals surface area contributed by atoms with Crippen LogP contribution in [0.15, 0.2) is 0 Å². The Morgan fingerprint density at radius 3 is 2.00 bits per heavy atom. The molecule has 0 saturated carbocycles. The molecule has 0 aliphatic carbocycles. The molecule has 1 nitrogen and oxygen atoms in total. The molecule has 0 aliphatic heterocycles. The second-order valence-corrected chi connectivity index (χ2v) is 1.70. The van der Waals surface area contributed by atoms with Gasteiger partial charge in [-0.05, 0) is 5.92 Å². The summed E-state index contributed by atoms with van der Waals surface area (Å²) in [4.78, 5) is 0. The molecular formula is C5H13KO. The molecule has 0 aromatic carbocycles. The summed E-state index contributed by atoms with van der Waals surface area (Å²) in [6.07, 6.45) is 1.08. The van der Waals surface area contributed by atoms with E-state index in [9.17, 15) is 0 Å². The van der Waals surface area contributed by atoms with Gasteiger partial charge in [-0.3, -0.25) is 0 Å². The zero-order valence-electron chi connectivity index (χ0n) is 4.44. The van der Waals surface area contributed by atoms with Gasteiger partial charge in [-0.15, -0.1) is 0 Å². The second kappa shape index (κ2) is 7.60. The minimum absolute atomic E-state index is 0. The Bertz CT molecular complexity index is 27.3. The zero-order chi connectivity index (χ0) is 4.99. The molecular weight excluding hydrogens is 115 g/mol. The van der Waals surface area contributed by atoms with Crippen molar-refractivity contribution in [1.82, 2.24) is 0 Å². The summed E-state index contributed by atoms with van der Waals surface area (Å²) in [7, 11) is 0. The van der Waals surface area contributed by atoms with Crippen molar-refractivity contribution in [2.45, 2.75) is 20.3 Å². The van der Waals surface area contributed by atoms with Crippen LogP contribution in [0.2, 0.25) is 0 Å². The maximum atomic E-state index is 8.33. The van der Waals surface area contributed by atoms with E-state index in [0.29, 0.717) is 12.5 Å². The van der Waals surface area contributed by atoms with E-state index in [4.69, 9.17) is 5.11 Å². The van der Waals surface area contributed by atoms with Crippen molar-refractivity contribution >= 4 is 51.4 Å². The Hall–Kier alpha value is 1.60. The first kappa shape index (κ1) is 11.4. The number of aliphatic hydroxyl groups is 1. The van der Waals surface area contributed by atoms with E-state index < -0.39 is 0 Å². The normalized spacial score (nSPS) is 12.4. The first-order chi connectivity index (χ1) is 2.81. The van der Waals surface area contributed by atoms with Gasteiger partial charge in [0.05, 0.1) is 0 Å². The summed E-state index contributed by atoms with van der Waals surface area (Å²) >= 11 is 0. The molecule has 0 spiro atoms. The van der Waals surface area contributed by atoms with Crippen LogP contribution in [0.25, 0.3) is 0 Å². The van der Waals surface area contributed by atoms with Crippen LogP contribution < -0.4 is 0 Å². The summed E-state index contributed by atoms with van der Waals surface area (Å²) in [5, 5.41) is 8.33. The average molecular weight is 128 g/mol. The van der Waals surface area contributed by atoms with Gasteiger partial charge in [0.15, 0.2) is 0 Å². The Kier molecular flexibility index (Phi) is 12.4. The molecule has 0 heterocycles. The molecule has 0 aliphatic rings. The fraction of sp³-hybridized carbons (Fsp3) is 1.00. The van der Waals surface area contributed by atoms with Crippen molar-refractivity contribution in [1.29, 1.82) is 0 Å². The topological polar surface area (TPSA) is 20.2 Å². The van der Waals surface area contributed by atoms with Gasteiger partial charge >= 0.3 is 51.4 Å². The van der Waals surface area contributed by atoms with Crippen LogP contribution in [-0.2, 0) is 0 Å². The van der Waals surface area contributed by atoms with E-state index in [0.717, 1.165) is 6.42 Å². The molecule has 1 atom stereocenters. The third kappa shape index (κ3) is 7.60. The Morgan fingerprint density at radius 1 is 1.57 bits per heavy atom. The van der Waals surface area contributed by atoms with E-state index in [-0.39, 0.29) is 51.4 Å². The molecule has 0 aromatic rings. The van der Waals surface area contributed by atoms with Crippen LogP contribution in [0.4, 0.5) is 0 Å². The summed E-state index contributed by atoms with van der Waals surface area (Å²) in [6.45, 7) is 4.43. The van der Waals surface area contributed by atoms with Gasteiger partial charge in [0, 0.05) is 6.61 Å². The van der Waals surface area contributed by atoms with Crippen molar-refractivity contribution in [2.75, 3.05) is 6.61 Å². The number of hydrogen-bond acceptors (Lipinski definition) is 1. The molecule has 7 heavy (non-hydrogen) atoms. The van der Waals surface area contributed by atoms with Gasteiger partial charge in [-0.1, -0.05) is 20.3 Å². The third-order valence-corrected chi connectivity index (χ3v) is 1.01. The predicted molar refractivity (Wildman–Crippen MR) is 33.7 cm³/mol. The summed E-state index contributed by atoms with van der Waals surface area (Å²) in [6, 6.07) is 0. The van der Waals surface area contributed by atoms with Crippen molar-refractivity contribution in [2.24, 2.45) is 5.92 Å². The van der Waals surface area contributed by atoms with Gasteiger partial charge in [-0.25, -0.2) is 0 Å². The van der Waals surface area contributed by atoms with Crippen LogP contribution in [0.3, 0.4) is 0 Å². The Morgan fingerprint density at radius 2 is 2.00 bits per heavy atom. The first-order valence-electron chi connectivity index (χ1n) is 2.42. The first-order valence-corrected chi connectivity index (χ1v) is 2.42. The fourth-order valence-electron chi connectivity index (χ4n) is 0.129. The third-order valence-electron chi connectivity index (χ3n) is 1.01. The van der Waals surface area contributed by atoms with Gasteiger partial charge in [0.2, 0.25) is 0 Å². The molecule has 2 heteroatoms. The number of rotatable bonds is 2. The number of hydrogen-bond donors (Lipinski definition) is 1. The molecule has 1 unspecified atom stereocenters. The van der Waals surface area contributed by atoms with Gasteiger partial charge in [0.1, 0.15) is 0 Å². The minimum atomic E-state index is 0. The van der Waals surface area contributed by atoms with E-state index in [2.05, 4.69) is 6.92 Å². The Balaban J connectivity index is 0. The molecule has 0 fully saturated rings. The van der Waals surface area contributed by atoms with Gasteiger partial charge < -0.3 is 5.11 Å². The molecule has 0 rings (SSSR count). The van der Waals surface area contributed by atoms with E-state index in [1.807, 2.05) is 6.92 Å². The van der Waals surface area contributed by atoms with E-state index >= 15 is 0 Å². The molecule has 0 radical (unpaired) electrons. The monoisotopic (exact) mass is 128 g/mol. The van der Waals surface area contributed by atoms with E-state index in [1.165, 1.54) is 0 Å². The fourth-order valence-corrected chi connectivity index (χ4v) is 0.129.